The van der Waals surface area contributed by atoms with Gasteiger partial charge in [0.25, 0.3) is 0 Å². The van der Waals surface area contributed by atoms with Crippen LogP contribution in [0, 0.1) is 0 Å². The summed E-state index contributed by atoms with van der Waals surface area (Å²) in [6.45, 7) is 3.30. The number of thiazole rings is 1. The molecule has 4 heterocycles. The number of aromatic nitrogens is 3. The zero-order valence-corrected chi connectivity index (χ0v) is 16.6. The summed E-state index contributed by atoms with van der Waals surface area (Å²) in [6.07, 6.45) is 2.61. The van der Waals surface area contributed by atoms with E-state index in [4.69, 9.17) is 4.74 Å². The van der Waals surface area contributed by atoms with Crippen LogP contribution in [0.5, 0.6) is 0 Å². The van der Waals surface area contributed by atoms with E-state index in [9.17, 15) is 5.11 Å². The highest BCUT2D eigenvalue weighted by atomic mass is 32.1. The van der Waals surface area contributed by atoms with Crippen molar-refractivity contribution in [1.82, 2.24) is 15.0 Å². The fourth-order valence-electron chi connectivity index (χ4n) is 3.39. The first kappa shape index (κ1) is 17.7. The summed E-state index contributed by atoms with van der Waals surface area (Å²) in [4.78, 5) is 16.6. The molecule has 28 heavy (non-hydrogen) atoms. The third-order valence-electron chi connectivity index (χ3n) is 4.85. The molecule has 1 fully saturated rings. The second kappa shape index (κ2) is 7.56. The number of hydrogen-bond acceptors (Lipinski definition) is 8. The van der Waals surface area contributed by atoms with Crippen LogP contribution in [-0.4, -0.2) is 46.4 Å². The van der Waals surface area contributed by atoms with Gasteiger partial charge in [-0.3, -0.25) is 0 Å². The predicted octanol–water partition coefficient (Wildman–Crippen LogP) is 3.73. The lowest BCUT2D eigenvalue weighted by Crippen LogP contribution is -2.36. The van der Waals surface area contributed by atoms with Crippen LogP contribution in [0.25, 0.3) is 21.5 Å². The first-order chi connectivity index (χ1) is 13.8. The van der Waals surface area contributed by atoms with Crippen LogP contribution in [0.4, 0.5) is 5.69 Å². The quantitative estimate of drug-likeness (QED) is 0.553. The summed E-state index contributed by atoms with van der Waals surface area (Å²) in [7, 11) is 0. The molecule has 1 N–H and O–H groups in total. The number of nitrogens with zero attached hydrogens (tertiary/aromatic N) is 4. The number of thiophene rings is 1. The van der Waals surface area contributed by atoms with Gasteiger partial charge in [-0.15, -0.1) is 22.7 Å². The molecule has 0 radical (unpaired) electrons. The van der Waals surface area contributed by atoms with Crippen LogP contribution in [0.1, 0.15) is 16.7 Å². The second-order valence-electron chi connectivity index (χ2n) is 6.54. The van der Waals surface area contributed by atoms with Crippen molar-refractivity contribution in [2.45, 2.75) is 6.10 Å². The largest absolute Gasteiger partial charge is 0.381 e. The van der Waals surface area contributed by atoms with Crippen molar-refractivity contribution in [3.05, 3.63) is 58.1 Å². The Balaban J connectivity index is 1.49. The zero-order valence-electron chi connectivity index (χ0n) is 15.0. The van der Waals surface area contributed by atoms with E-state index >= 15 is 0 Å². The summed E-state index contributed by atoms with van der Waals surface area (Å²) in [5.41, 5.74) is 3.81. The Hall–Kier alpha value is -2.39. The number of fused-ring (bicyclic) bond motifs is 1. The van der Waals surface area contributed by atoms with Gasteiger partial charge in [0.15, 0.2) is 0 Å². The molecular formula is C20H18N4O2S2. The molecule has 1 aliphatic rings. The van der Waals surface area contributed by atoms with Crippen molar-refractivity contribution in [2.24, 2.45) is 0 Å². The number of ether oxygens (including phenoxy) is 1. The Morgan fingerprint density at radius 2 is 1.96 bits per heavy atom. The van der Waals surface area contributed by atoms with Crippen LogP contribution in [0.15, 0.2) is 47.5 Å². The molecule has 0 spiro atoms. The number of rotatable bonds is 4. The van der Waals surface area contributed by atoms with Gasteiger partial charge < -0.3 is 14.7 Å². The normalized spacial score (nSPS) is 15.8. The molecule has 5 rings (SSSR count). The highest BCUT2D eigenvalue weighted by Gasteiger charge is 2.18. The van der Waals surface area contributed by atoms with E-state index in [1.165, 1.54) is 11.3 Å². The smallest absolute Gasteiger partial charge is 0.131 e. The van der Waals surface area contributed by atoms with E-state index in [0.717, 1.165) is 59.0 Å². The van der Waals surface area contributed by atoms with E-state index in [1.54, 1.807) is 23.9 Å². The second-order valence-corrected chi connectivity index (χ2v) is 8.38. The zero-order chi connectivity index (χ0) is 18.9. The van der Waals surface area contributed by atoms with E-state index in [0.29, 0.717) is 5.01 Å². The Kier molecular flexibility index (Phi) is 4.77. The van der Waals surface area contributed by atoms with Gasteiger partial charge in [0, 0.05) is 35.7 Å². The molecule has 6 nitrogen and oxygen atoms in total. The van der Waals surface area contributed by atoms with Gasteiger partial charge in [-0.2, -0.15) is 0 Å². The summed E-state index contributed by atoms with van der Waals surface area (Å²) >= 11 is 3.03. The van der Waals surface area contributed by atoms with E-state index in [1.807, 2.05) is 16.8 Å². The van der Waals surface area contributed by atoms with Gasteiger partial charge >= 0.3 is 0 Å². The van der Waals surface area contributed by atoms with Crippen molar-refractivity contribution < 1.29 is 9.84 Å². The number of benzene rings is 1. The van der Waals surface area contributed by atoms with Crippen molar-refractivity contribution in [3.63, 3.8) is 0 Å². The van der Waals surface area contributed by atoms with E-state index < -0.39 is 6.10 Å². The molecule has 142 valence electrons. The molecule has 0 bridgehead atoms. The molecule has 0 saturated carbocycles. The Labute approximate surface area is 170 Å². The lowest BCUT2D eigenvalue weighted by molar-refractivity contribution is 0.122. The van der Waals surface area contributed by atoms with Crippen molar-refractivity contribution in [1.29, 1.82) is 0 Å². The summed E-state index contributed by atoms with van der Waals surface area (Å²) in [5, 5.41) is 16.1. The third-order valence-corrected chi connectivity index (χ3v) is 6.63. The summed E-state index contributed by atoms with van der Waals surface area (Å²) in [6, 6.07) is 8.32. The highest BCUT2D eigenvalue weighted by Crippen LogP contribution is 2.35. The Morgan fingerprint density at radius 1 is 1.07 bits per heavy atom. The van der Waals surface area contributed by atoms with Gasteiger partial charge in [-0.1, -0.05) is 0 Å². The van der Waals surface area contributed by atoms with Gasteiger partial charge in [-0.25, -0.2) is 15.0 Å². The van der Waals surface area contributed by atoms with Crippen molar-refractivity contribution in [2.75, 3.05) is 31.2 Å². The molecular weight excluding hydrogens is 392 g/mol. The monoisotopic (exact) mass is 410 g/mol. The lowest BCUT2D eigenvalue weighted by Gasteiger charge is -2.29. The maximum Gasteiger partial charge on any atom is 0.131 e. The number of hydrogen-bond donors (Lipinski definition) is 1. The summed E-state index contributed by atoms with van der Waals surface area (Å²) in [5.74, 6) is 0. The van der Waals surface area contributed by atoms with Gasteiger partial charge in [0.05, 0.1) is 29.3 Å². The molecule has 1 aliphatic heterocycles. The van der Waals surface area contributed by atoms with Crippen molar-refractivity contribution >= 4 is 39.3 Å². The molecule has 8 heteroatoms. The fourth-order valence-corrected chi connectivity index (χ4v) is 4.98. The molecule has 0 aliphatic carbocycles. The molecule has 1 unspecified atom stereocenters. The summed E-state index contributed by atoms with van der Waals surface area (Å²) < 4.78 is 5.44. The molecule has 1 saturated heterocycles. The van der Waals surface area contributed by atoms with Crippen LogP contribution >= 0.6 is 22.7 Å². The third kappa shape index (κ3) is 3.29. The van der Waals surface area contributed by atoms with Gasteiger partial charge in [0.1, 0.15) is 17.4 Å². The number of morpholine rings is 1. The van der Waals surface area contributed by atoms with Crippen LogP contribution in [-0.2, 0) is 4.74 Å². The maximum atomic E-state index is 10.5. The van der Waals surface area contributed by atoms with Crippen LogP contribution in [0.2, 0.25) is 0 Å². The molecule has 0 amide bonds. The minimum atomic E-state index is -0.703. The van der Waals surface area contributed by atoms with Gasteiger partial charge in [-0.05, 0) is 35.2 Å². The predicted molar refractivity (Wildman–Crippen MR) is 112 cm³/mol. The number of aliphatic hydroxyl groups excluding tert-OH is 1. The van der Waals surface area contributed by atoms with E-state index in [-0.39, 0.29) is 0 Å². The number of anilines is 1. The van der Waals surface area contributed by atoms with Gasteiger partial charge in [0.2, 0.25) is 0 Å². The maximum absolute atomic E-state index is 10.5. The van der Waals surface area contributed by atoms with Crippen LogP contribution < -0.4 is 4.90 Å². The Bertz CT molecular complexity index is 1090. The van der Waals surface area contributed by atoms with Crippen LogP contribution in [0.3, 0.4) is 0 Å². The molecule has 4 aromatic rings. The number of aliphatic hydroxyl groups is 1. The molecule has 1 aromatic carbocycles. The average Bonchev–Trinajstić information content (AvgIpc) is 3.45. The standard InChI is InChI=1S/C20H18N4O2S2/c25-19(20-21-3-8-27-20)13-9-17(28-11-13)18-15-2-1-14(10-16(15)22-12-23-18)24-4-6-26-7-5-24/h1-3,8-12,19,25H,4-7H2. The minimum Gasteiger partial charge on any atom is -0.381 e. The Morgan fingerprint density at radius 3 is 2.79 bits per heavy atom. The topological polar surface area (TPSA) is 71.4 Å². The van der Waals surface area contributed by atoms with Crippen molar-refractivity contribution in [3.8, 4) is 10.6 Å². The first-order valence-electron chi connectivity index (χ1n) is 9.03. The molecule has 1 atom stereocenters. The SMILES string of the molecule is OC(c1csc(-c2ncnc3cc(N4CCOCC4)ccc23)c1)c1nccs1. The first-order valence-corrected chi connectivity index (χ1v) is 10.8. The molecule has 3 aromatic heterocycles. The highest BCUT2D eigenvalue weighted by molar-refractivity contribution is 7.13. The average molecular weight is 411 g/mol. The fraction of sp³-hybridized carbons (Fsp3) is 0.250. The minimum absolute atomic E-state index is 0.701. The lowest BCUT2D eigenvalue weighted by atomic mass is 10.1. The van der Waals surface area contributed by atoms with E-state index in [2.05, 4.69) is 38.1 Å².